The van der Waals surface area contributed by atoms with E-state index in [4.69, 9.17) is 4.65 Å². The van der Waals surface area contributed by atoms with E-state index in [-0.39, 0.29) is 10.8 Å². The van der Waals surface area contributed by atoms with Gasteiger partial charge in [0.25, 0.3) is 7.48 Å². The third-order valence-electron chi connectivity index (χ3n) is 1.96. The molecule has 1 unspecified atom stereocenters. The zero-order valence-electron chi connectivity index (χ0n) is 7.56. The van der Waals surface area contributed by atoms with Gasteiger partial charge < -0.3 is 4.65 Å². The lowest BCUT2D eigenvalue weighted by Gasteiger charge is -2.38. The molecule has 10 heavy (non-hydrogen) atoms. The van der Waals surface area contributed by atoms with Crippen molar-refractivity contribution >= 4 is 16.7 Å². The van der Waals surface area contributed by atoms with Gasteiger partial charge in [-0.2, -0.15) is 0 Å². The van der Waals surface area contributed by atoms with E-state index in [1.165, 1.54) is 0 Å². The average molecular weight is 159 g/mol. The topological polar surface area (TPSA) is 9.23 Å². The molecule has 0 rings (SSSR count). The highest BCUT2D eigenvalue weighted by Crippen LogP contribution is 2.32. The van der Waals surface area contributed by atoms with Crippen LogP contribution in [0.25, 0.3) is 0 Å². The molecule has 0 saturated heterocycles. The monoisotopic (exact) mass is 159 g/mol. The van der Waals surface area contributed by atoms with Crippen molar-refractivity contribution in [3.8, 4) is 0 Å². The molecule has 0 fully saturated rings. The molecule has 1 atom stereocenters. The van der Waals surface area contributed by atoms with E-state index >= 15 is 0 Å². The van der Waals surface area contributed by atoms with Gasteiger partial charge >= 0.3 is 0 Å². The fraction of sp³-hybridized carbons (Fsp3) is 1.00. The molecule has 1 radical (unpaired) electrons. The summed E-state index contributed by atoms with van der Waals surface area (Å²) < 4.78 is 5.45. The van der Waals surface area contributed by atoms with Crippen molar-refractivity contribution in [2.75, 3.05) is 0 Å². The normalized spacial score (nSPS) is 13.4. The quantitative estimate of drug-likeness (QED) is 0.452. The lowest BCUT2D eigenvalue weighted by molar-refractivity contribution is 0.0826. The summed E-state index contributed by atoms with van der Waals surface area (Å²) >= 11 is 0. The second-order valence-electron chi connectivity index (χ2n) is 3.59. The van der Waals surface area contributed by atoms with Crippen LogP contribution in [0, 0.1) is 0 Å². The highest BCUT2D eigenvalue weighted by molar-refractivity contribution is 7.19. The second-order valence-corrected chi connectivity index (χ2v) is 5.03. The maximum atomic E-state index is 5.45. The largest absolute Gasteiger partial charge is 0.435 e. The van der Waals surface area contributed by atoms with Crippen LogP contribution >= 0.6 is 9.24 Å². The zero-order valence-corrected chi connectivity index (χ0v) is 8.72. The zero-order chi connectivity index (χ0) is 8.41. The predicted octanol–water partition coefficient (Wildman–Crippen LogP) is 2.10. The van der Waals surface area contributed by atoms with Gasteiger partial charge in [-0.3, -0.25) is 0 Å². The van der Waals surface area contributed by atoms with Crippen molar-refractivity contribution in [3.05, 3.63) is 0 Å². The van der Waals surface area contributed by atoms with E-state index in [1.807, 2.05) is 6.82 Å². The van der Waals surface area contributed by atoms with Crippen LogP contribution in [0.2, 0.25) is 6.82 Å². The van der Waals surface area contributed by atoms with E-state index in [9.17, 15) is 0 Å². The minimum absolute atomic E-state index is 0.105. The van der Waals surface area contributed by atoms with Crippen molar-refractivity contribution < 1.29 is 4.65 Å². The molecular formula is C7H17BOP. The second kappa shape index (κ2) is 3.23. The maximum Gasteiger partial charge on any atom is 0.289 e. The Labute approximate surface area is 67.4 Å². The first kappa shape index (κ1) is 10.5. The summed E-state index contributed by atoms with van der Waals surface area (Å²) in [5.74, 6) is 0. The van der Waals surface area contributed by atoms with Crippen LogP contribution in [-0.4, -0.2) is 18.2 Å². The molecule has 0 aromatic heterocycles. The third-order valence-corrected chi connectivity index (χ3v) is 2.66. The number of hydrogen-bond donors (Lipinski definition) is 0. The first-order chi connectivity index (χ1) is 4.31. The van der Waals surface area contributed by atoms with Crippen LogP contribution in [0.1, 0.15) is 27.7 Å². The first-order valence-corrected chi connectivity index (χ1v) is 4.13. The Morgan fingerprint density at radius 1 is 1.20 bits per heavy atom. The molecule has 0 aromatic rings. The minimum Gasteiger partial charge on any atom is -0.435 e. The Bertz CT molecular complexity index is 107. The summed E-state index contributed by atoms with van der Waals surface area (Å²) in [5.41, 5.74) is -0.105. The Balaban J connectivity index is 4.10. The molecule has 0 heterocycles. The van der Waals surface area contributed by atoms with Gasteiger partial charge in [-0.25, -0.2) is 0 Å². The molecule has 3 heteroatoms. The van der Waals surface area contributed by atoms with Crippen LogP contribution in [0.5, 0.6) is 0 Å². The van der Waals surface area contributed by atoms with E-state index < -0.39 is 0 Å². The summed E-state index contributed by atoms with van der Waals surface area (Å²) in [6.07, 6.45) is 0. The highest BCUT2D eigenvalue weighted by Gasteiger charge is 2.32. The van der Waals surface area contributed by atoms with Crippen molar-refractivity contribution in [2.24, 2.45) is 0 Å². The molecular weight excluding hydrogens is 142 g/mol. The smallest absolute Gasteiger partial charge is 0.289 e. The fourth-order valence-corrected chi connectivity index (χ4v) is 0.515. The van der Waals surface area contributed by atoms with Crippen molar-refractivity contribution in [1.29, 1.82) is 0 Å². The predicted molar refractivity (Wildman–Crippen MR) is 50.6 cm³/mol. The summed E-state index contributed by atoms with van der Waals surface area (Å²) in [6.45, 7) is 10.3. The lowest BCUT2D eigenvalue weighted by atomic mass is 9.90. The molecule has 0 aliphatic carbocycles. The standard InChI is InChI=1S/C7H17BOP/c1-6(2,9-8-5)7(3,4)10/h10H2,1-5H3. The first-order valence-electron chi connectivity index (χ1n) is 3.56. The van der Waals surface area contributed by atoms with Crippen molar-refractivity contribution in [3.63, 3.8) is 0 Å². The molecule has 0 aliphatic rings. The third kappa shape index (κ3) is 2.60. The van der Waals surface area contributed by atoms with Gasteiger partial charge in [0.2, 0.25) is 0 Å². The average Bonchev–Trinajstić information content (AvgIpc) is 1.61. The highest BCUT2D eigenvalue weighted by atomic mass is 31.0. The molecule has 0 bridgehead atoms. The summed E-state index contributed by atoms with van der Waals surface area (Å²) in [6, 6.07) is 0. The molecule has 0 aliphatic heterocycles. The molecule has 0 saturated carbocycles. The van der Waals surface area contributed by atoms with Crippen LogP contribution in [0.3, 0.4) is 0 Å². The van der Waals surface area contributed by atoms with E-state index in [1.54, 1.807) is 7.48 Å². The van der Waals surface area contributed by atoms with E-state index in [2.05, 4.69) is 36.9 Å². The number of rotatable bonds is 3. The molecule has 0 spiro atoms. The van der Waals surface area contributed by atoms with Gasteiger partial charge in [-0.1, -0.05) is 20.7 Å². The van der Waals surface area contributed by atoms with Crippen molar-refractivity contribution in [1.82, 2.24) is 0 Å². The van der Waals surface area contributed by atoms with Gasteiger partial charge in [0.15, 0.2) is 0 Å². The van der Waals surface area contributed by atoms with E-state index in [0.29, 0.717) is 0 Å². The van der Waals surface area contributed by atoms with Crippen molar-refractivity contribution in [2.45, 2.75) is 45.3 Å². The van der Waals surface area contributed by atoms with E-state index in [0.717, 1.165) is 0 Å². The van der Waals surface area contributed by atoms with Gasteiger partial charge in [-0.05, 0) is 13.8 Å². The van der Waals surface area contributed by atoms with Gasteiger partial charge in [0, 0.05) is 5.16 Å². The van der Waals surface area contributed by atoms with Crippen LogP contribution in [0.15, 0.2) is 0 Å². The lowest BCUT2D eigenvalue weighted by Crippen LogP contribution is -2.43. The Morgan fingerprint density at radius 3 is 1.70 bits per heavy atom. The van der Waals surface area contributed by atoms with Gasteiger partial charge in [0.1, 0.15) is 0 Å². The fourth-order valence-electron chi connectivity index (χ4n) is 0.446. The molecule has 0 N–H and O–H groups in total. The molecule has 1 nitrogen and oxygen atoms in total. The van der Waals surface area contributed by atoms with Gasteiger partial charge in [-0.15, -0.1) is 9.24 Å². The summed E-state index contributed by atoms with van der Waals surface area (Å²) in [5, 5.41) is 0.111. The SMILES string of the molecule is C[B]OC(C)(C)C(C)(C)P. The molecule has 0 aromatic carbocycles. The van der Waals surface area contributed by atoms with Crippen LogP contribution in [0.4, 0.5) is 0 Å². The maximum absolute atomic E-state index is 5.45. The number of hydrogen-bond acceptors (Lipinski definition) is 1. The summed E-state index contributed by atoms with van der Waals surface area (Å²) in [4.78, 5) is 0. The Hall–Kier alpha value is 0.455. The minimum atomic E-state index is -0.105. The Kier molecular flexibility index (Phi) is 3.38. The van der Waals surface area contributed by atoms with Crippen LogP contribution < -0.4 is 0 Å². The summed E-state index contributed by atoms with van der Waals surface area (Å²) in [7, 11) is 4.53. The molecule has 59 valence electrons. The van der Waals surface area contributed by atoms with Crippen LogP contribution in [-0.2, 0) is 4.65 Å². The Morgan fingerprint density at radius 2 is 1.60 bits per heavy atom. The molecule has 0 amide bonds. The van der Waals surface area contributed by atoms with Gasteiger partial charge in [0.05, 0.1) is 5.60 Å².